The number of aliphatic imine (C=N–C) groups is 1. The highest BCUT2D eigenvalue weighted by atomic mass is 32.2. The molecule has 0 aromatic rings. The van der Waals surface area contributed by atoms with Crippen LogP contribution in [0.2, 0.25) is 0 Å². The second-order valence-corrected chi connectivity index (χ2v) is 5.20. The van der Waals surface area contributed by atoms with Crippen molar-refractivity contribution < 1.29 is 9.69 Å². The first-order valence-corrected chi connectivity index (χ1v) is 6.74. The molecule has 0 unspecified atom stereocenters. The van der Waals surface area contributed by atoms with Crippen molar-refractivity contribution in [2.45, 2.75) is 0 Å². The molecule has 0 radical (unpaired) electrons. The number of carbonyl (C=O) groups is 1. The van der Waals surface area contributed by atoms with Crippen molar-refractivity contribution in [3.05, 3.63) is 0 Å². The number of nitrogens with one attached hydrogen (secondary N) is 2. The Labute approximate surface area is 100 Å². The number of rotatable bonds is 2. The van der Waals surface area contributed by atoms with Crippen molar-refractivity contribution >= 4 is 22.8 Å². The molecule has 1 saturated heterocycles. The Hall–Kier alpha value is -0.750. The van der Waals surface area contributed by atoms with Crippen LogP contribution in [0.5, 0.6) is 0 Å². The molecule has 0 spiro atoms. The lowest BCUT2D eigenvalue weighted by molar-refractivity contribution is -0.883. The fraction of sp³-hybridized carbons (Fsp3) is 0.800. The summed E-state index contributed by atoms with van der Waals surface area (Å²) in [5, 5.41) is 4.08. The van der Waals surface area contributed by atoms with Crippen molar-refractivity contribution in [1.29, 1.82) is 0 Å². The maximum Gasteiger partial charge on any atom is 0.233 e. The molecule has 2 N–H and O–H groups in total. The number of thioether (sulfide) groups is 1. The van der Waals surface area contributed by atoms with Crippen molar-refractivity contribution in [1.82, 2.24) is 10.2 Å². The molecule has 0 saturated carbocycles. The Morgan fingerprint density at radius 1 is 1.56 bits per heavy atom. The first kappa shape index (κ1) is 11.7. The van der Waals surface area contributed by atoms with Gasteiger partial charge in [-0.25, -0.2) is 0 Å². The summed E-state index contributed by atoms with van der Waals surface area (Å²) in [6.45, 7) is 5.67. The van der Waals surface area contributed by atoms with Crippen LogP contribution < -0.4 is 10.2 Å². The zero-order valence-electron chi connectivity index (χ0n) is 9.66. The van der Waals surface area contributed by atoms with Gasteiger partial charge < -0.3 is 15.1 Å². The van der Waals surface area contributed by atoms with Crippen LogP contribution in [0.25, 0.3) is 0 Å². The molecular formula is C10H19N4OS+. The van der Waals surface area contributed by atoms with E-state index >= 15 is 0 Å². The van der Waals surface area contributed by atoms with Gasteiger partial charge in [0, 0.05) is 6.54 Å². The standard InChI is InChI=1S/C10H18N4OS/c1-13-4-6-14(7-5-13)9(15)8-16-10-11-2-3-12-10/h2-8H2,1H3,(H,11,12)/p+1. The van der Waals surface area contributed by atoms with Crippen molar-refractivity contribution in [2.24, 2.45) is 4.99 Å². The van der Waals surface area contributed by atoms with Gasteiger partial charge in [0.05, 0.1) is 45.5 Å². The molecule has 2 aliphatic heterocycles. The summed E-state index contributed by atoms with van der Waals surface area (Å²) in [7, 11) is 2.17. The maximum atomic E-state index is 11.9. The number of amides is 1. The normalized spacial score (nSPS) is 21.8. The molecule has 0 aliphatic carbocycles. The number of hydrogen-bond donors (Lipinski definition) is 2. The van der Waals surface area contributed by atoms with Crippen molar-refractivity contribution in [3.8, 4) is 0 Å². The molecule has 2 rings (SSSR count). The molecule has 2 heterocycles. The van der Waals surface area contributed by atoms with E-state index in [1.165, 1.54) is 16.7 Å². The van der Waals surface area contributed by atoms with Gasteiger partial charge in [-0.3, -0.25) is 9.79 Å². The molecule has 0 atom stereocenters. The van der Waals surface area contributed by atoms with Crippen LogP contribution in [0.3, 0.4) is 0 Å². The predicted octanol–water partition coefficient (Wildman–Crippen LogP) is -1.96. The van der Waals surface area contributed by atoms with Crippen LogP contribution in [0.1, 0.15) is 0 Å². The molecule has 6 heteroatoms. The topological polar surface area (TPSA) is 49.1 Å². The van der Waals surface area contributed by atoms with Gasteiger partial charge in [0.1, 0.15) is 0 Å². The van der Waals surface area contributed by atoms with E-state index in [-0.39, 0.29) is 5.91 Å². The Kier molecular flexibility index (Phi) is 4.06. The number of likely N-dealkylation sites (N-methyl/N-ethyl adjacent to an activating group) is 1. The monoisotopic (exact) mass is 243 g/mol. The van der Waals surface area contributed by atoms with Crippen LogP contribution in [0, 0.1) is 0 Å². The minimum Gasteiger partial charge on any atom is -0.363 e. The second-order valence-electron chi connectivity index (χ2n) is 4.24. The highest BCUT2D eigenvalue weighted by Gasteiger charge is 2.21. The fourth-order valence-electron chi connectivity index (χ4n) is 1.83. The summed E-state index contributed by atoms with van der Waals surface area (Å²) < 4.78 is 0. The molecule has 0 aromatic carbocycles. The Morgan fingerprint density at radius 3 is 2.94 bits per heavy atom. The molecule has 16 heavy (non-hydrogen) atoms. The van der Waals surface area contributed by atoms with Crippen LogP contribution >= 0.6 is 11.8 Å². The molecule has 2 aliphatic rings. The van der Waals surface area contributed by atoms with Crippen LogP contribution in [-0.4, -0.2) is 68.0 Å². The first-order valence-electron chi connectivity index (χ1n) is 5.76. The third-order valence-electron chi connectivity index (χ3n) is 2.95. The SMILES string of the molecule is C[NH+]1CCN(C(=O)CSC2=NCCN2)CC1. The fourth-order valence-corrected chi connectivity index (χ4v) is 2.66. The zero-order chi connectivity index (χ0) is 11.4. The van der Waals surface area contributed by atoms with Gasteiger partial charge in [-0.05, 0) is 0 Å². The number of quaternary nitrogens is 1. The lowest BCUT2D eigenvalue weighted by Crippen LogP contribution is -3.12. The second kappa shape index (κ2) is 5.54. The van der Waals surface area contributed by atoms with E-state index in [2.05, 4.69) is 17.4 Å². The van der Waals surface area contributed by atoms with E-state index in [0.717, 1.165) is 44.4 Å². The van der Waals surface area contributed by atoms with E-state index in [9.17, 15) is 4.79 Å². The molecule has 5 nitrogen and oxygen atoms in total. The highest BCUT2D eigenvalue weighted by Crippen LogP contribution is 2.07. The summed E-state index contributed by atoms with van der Waals surface area (Å²) in [6.07, 6.45) is 0. The number of amidine groups is 1. The highest BCUT2D eigenvalue weighted by molar-refractivity contribution is 8.14. The minimum atomic E-state index is 0.244. The lowest BCUT2D eigenvalue weighted by atomic mass is 10.3. The number of hydrogen-bond acceptors (Lipinski definition) is 4. The van der Waals surface area contributed by atoms with Crippen molar-refractivity contribution in [2.75, 3.05) is 52.1 Å². The summed E-state index contributed by atoms with van der Waals surface area (Å²) in [4.78, 5) is 19.6. The summed E-state index contributed by atoms with van der Waals surface area (Å²) >= 11 is 1.53. The van der Waals surface area contributed by atoms with Gasteiger partial charge in [0.2, 0.25) is 5.91 Å². The van der Waals surface area contributed by atoms with E-state index in [1.54, 1.807) is 0 Å². The molecular weight excluding hydrogens is 224 g/mol. The lowest BCUT2D eigenvalue weighted by Gasteiger charge is -2.29. The number of carbonyl (C=O) groups excluding carboxylic acids is 1. The predicted molar refractivity (Wildman–Crippen MR) is 66.0 cm³/mol. The van der Waals surface area contributed by atoms with Gasteiger partial charge in [-0.2, -0.15) is 0 Å². The number of nitrogens with zero attached hydrogens (tertiary/aromatic N) is 2. The summed E-state index contributed by atoms with van der Waals surface area (Å²) in [5.74, 6) is 0.763. The van der Waals surface area contributed by atoms with E-state index in [0.29, 0.717) is 5.75 Å². The molecule has 90 valence electrons. The zero-order valence-corrected chi connectivity index (χ0v) is 10.5. The van der Waals surface area contributed by atoms with E-state index in [1.807, 2.05) is 4.90 Å². The van der Waals surface area contributed by atoms with Gasteiger partial charge in [-0.1, -0.05) is 11.8 Å². The smallest absolute Gasteiger partial charge is 0.233 e. The van der Waals surface area contributed by atoms with E-state index in [4.69, 9.17) is 0 Å². The first-order chi connectivity index (χ1) is 7.75. The largest absolute Gasteiger partial charge is 0.363 e. The third-order valence-corrected chi connectivity index (χ3v) is 3.88. The molecule has 0 bridgehead atoms. The average molecular weight is 243 g/mol. The van der Waals surface area contributed by atoms with Crippen molar-refractivity contribution in [3.63, 3.8) is 0 Å². The molecule has 0 aromatic heterocycles. The molecule has 1 fully saturated rings. The van der Waals surface area contributed by atoms with E-state index < -0.39 is 0 Å². The van der Waals surface area contributed by atoms with Gasteiger partial charge >= 0.3 is 0 Å². The summed E-state index contributed by atoms with van der Waals surface area (Å²) in [6, 6.07) is 0. The summed E-state index contributed by atoms with van der Waals surface area (Å²) in [5.41, 5.74) is 0. The van der Waals surface area contributed by atoms with Gasteiger partial charge in [0.25, 0.3) is 0 Å². The third kappa shape index (κ3) is 3.12. The minimum absolute atomic E-state index is 0.244. The number of piperazine rings is 1. The Bertz CT molecular complexity index is 287. The Balaban J connectivity index is 1.71. The molecule has 1 amide bonds. The average Bonchev–Trinajstić information content (AvgIpc) is 2.80. The van der Waals surface area contributed by atoms with Gasteiger partial charge in [-0.15, -0.1) is 0 Å². The Morgan fingerprint density at radius 2 is 2.31 bits per heavy atom. The van der Waals surface area contributed by atoms with Crippen LogP contribution in [-0.2, 0) is 4.79 Å². The maximum absolute atomic E-state index is 11.9. The van der Waals surface area contributed by atoms with Crippen LogP contribution in [0.4, 0.5) is 0 Å². The quantitative estimate of drug-likeness (QED) is 0.592. The van der Waals surface area contributed by atoms with Gasteiger partial charge in [0.15, 0.2) is 5.17 Å². The van der Waals surface area contributed by atoms with Crippen LogP contribution in [0.15, 0.2) is 4.99 Å².